The van der Waals surface area contributed by atoms with Crippen LogP contribution in [0.1, 0.15) is 38.2 Å². The van der Waals surface area contributed by atoms with Crippen LogP contribution >= 0.6 is 0 Å². The third-order valence-electron chi connectivity index (χ3n) is 3.83. The smallest absolute Gasteiger partial charge is 0.118 e. The maximum absolute atomic E-state index is 5.89. The number of nitrogens with zero attached hydrogens (tertiary/aromatic N) is 2. The highest BCUT2D eigenvalue weighted by molar-refractivity contribution is 5.07. The van der Waals surface area contributed by atoms with Gasteiger partial charge in [0.25, 0.3) is 0 Å². The predicted octanol–water partition coefficient (Wildman–Crippen LogP) is 2.31. The van der Waals surface area contributed by atoms with Gasteiger partial charge in [0.15, 0.2) is 0 Å². The first-order valence-electron chi connectivity index (χ1n) is 8.04. The maximum Gasteiger partial charge on any atom is 0.118 e. The van der Waals surface area contributed by atoms with Gasteiger partial charge in [-0.2, -0.15) is 0 Å². The van der Waals surface area contributed by atoms with E-state index < -0.39 is 0 Å². The molecule has 0 spiro atoms. The van der Waals surface area contributed by atoms with Crippen molar-refractivity contribution < 1.29 is 4.42 Å². The largest absolute Gasteiger partial charge is 0.463 e. The number of hydrogen-bond acceptors (Lipinski definition) is 4. The lowest BCUT2D eigenvalue weighted by Gasteiger charge is -2.33. The Morgan fingerprint density at radius 2 is 1.70 bits per heavy atom. The molecule has 0 unspecified atom stereocenters. The van der Waals surface area contributed by atoms with Crippen LogP contribution in [0.3, 0.4) is 0 Å². The second-order valence-corrected chi connectivity index (χ2v) is 5.66. The van der Waals surface area contributed by atoms with Gasteiger partial charge in [0.2, 0.25) is 0 Å². The summed E-state index contributed by atoms with van der Waals surface area (Å²) in [4.78, 5) is 5.05. The third kappa shape index (κ3) is 4.93. The summed E-state index contributed by atoms with van der Waals surface area (Å²) < 4.78 is 5.89. The Kier molecular flexibility index (Phi) is 6.57. The van der Waals surface area contributed by atoms with E-state index in [1.807, 2.05) is 0 Å². The van der Waals surface area contributed by atoms with Crippen molar-refractivity contribution in [2.45, 2.75) is 39.8 Å². The van der Waals surface area contributed by atoms with Crippen molar-refractivity contribution in [3.05, 3.63) is 23.7 Å². The number of piperazine rings is 1. The zero-order chi connectivity index (χ0) is 14.2. The molecule has 0 aromatic carbocycles. The van der Waals surface area contributed by atoms with Crippen LogP contribution in [0.25, 0.3) is 0 Å². The van der Waals surface area contributed by atoms with Crippen LogP contribution in [0.4, 0.5) is 0 Å². The van der Waals surface area contributed by atoms with E-state index in [2.05, 4.69) is 41.1 Å². The predicted molar refractivity (Wildman–Crippen MR) is 82.7 cm³/mol. The Labute approximate surface area is 123 Å². The lowest BCUT2D eigenvalue weighted by molar-refractivity contribution is 0.120. The van der Waals surface area contributed by atoms with Crippen LogP contribution in [0.5, 0.6) is 0 Å². The van der Waals surface area contributed by atoms with Crippen molar-refractivity contribution >= 4 is 0 Å². The molecule has 4 heteroatoms. The van der Waals surface area contributed by atoms with Gasteiger partial charge in [0.05, 0.1) is 13.1 Å². The first kappa shape index (κ1) is 15.5. The van der Waals surface area contributed by atoms with Gasteiger partial charge in [-0.05, 0) is 38.1 Å². The molecule has 1 fully saturated rings. The molecule has 114 valence electrons. The summed E-state index contributed by atoms with van der Waals surface area (Å²) in [5.74, 6) is 2.15. The molecule has 1 N–H and O–H groups in total. The van der Waals surface area contributed by atoms with E-state index in [4.69, 9.17) is 4.42 Å². The molecule has 0 amide bonds. The normalized spacial score (nSPS) is 17.7. The van der Waals surface area contributed by atoms with Gasteiger partial charge in [-0.1, -0.05) is 13.8 Å². The Morgan fingerprint density at radius 1 is 1.00 bits per heavy atom. The summed E-state index contributed by atoms with van der Waals surface area (Å²) in [6, 6.07) is 4.23. The van der Waals surface area contributed by atoms with Crippen molar-refractivity contribution in [3.63, 3.8) is 0 Å². The Hall–Kier alpha value is -0.840. The fourth-order valence-electron chi connectivity index (χ4n) is 2.70. The minimum atomic E-state index is 0.845. The van der Waals surface area contributed by atoms with Crippen LogP contribution in [-0.4, -0.2) is 49.1 Å². The van der Waals surface area contributed by atoms with Gasteiger partial charge in [-0.15, -0.1) is 0 Å². The standard InChI is InChI=1S/C16H29N3O/c1-3-7-17-13-15-5-6-16(20-15)14-19-11-9-18(8-4-2)10-12-19/h5-6,17H,3-4,7-14H2,1-2H3. The molecule has 4 nitrogen and oxygen atoms in total. The van der Waals surface area contributed by atoms with E-state index >= 15 is 0 Å². The molecule has 1 aliphatic heterocycles. The van der Waals surface area contributed by atoms with Gasteiger partial charge in [-0.25, -0.2) is 0 Å². The molecular formula is C16H29N3O. The minimum Gasteiger partial charge on any atom is -0.463 e. The SMILES string of the molecule is CCCNCc1ccc(CN2CCN(CCC)CC2)o1. The molecule has 0 aliphatic carbocycles. The number of nitrogens with one attached hydrogen (secondary N) is 1. The summed E-state index contributed by atoms with van der Waals surface area (Å²) in [6.07, 6.45) is 2.42. The van der Waals surface area contributed by atoms with Gasteiger partial charge >= 0.3 is 0 Å². The third-order valence-corrected chi connectivity index (χ3v) is 3.83. The Morgan fingerprint density at radius 3 is 2.40 bits per heavy atom. The summed E-state index contributed by atoms with van der Waals surface area (Å²) in [5.41, 5.74) is 0. The van der Waals surface area contributed by atoms with Crippen LogP contribution in [0.15, 0.2) is 16.5 Å². The molecule has 1 aromatic rings. The molecule has 0 radical (unpaired) electrons. The van der Waals surface area contributed by atoms with Gasteiger partial charge in [0, 0.05) is 26.2 Å². The molecule has 20 heavy (non-hydrogen) atoms. The average molecular weight is 279 g/mol. The van der Waals surface area contributed by atoms with Crippen LogP contribution in [0.2, 0.25) is 0 Å². The zero-order valence-corrected chi connectivity index (χ0v) is 13.0. The first-order chi connectivity index (χ1) is 9.81. The fourth-order valence-corrected chi connectivity index (χ4v) is 2.70. The highest BCUT2D eigenvalue weighted by atomic mass is 16.3. The monoisotopic (exact) mass is 279 g/mol. The lowest BCUT2D eigenvalue weighted by atomic mass is 10.3. The highest BCUT2D eigenvalue weighted by Gasteiger charge is 2.17. The molecule has 0 bridgehead atoms. The van der Waals surface area contributed by atoms with Crippen molar-refractivity contribution in [1.29, 1.82) is 0 Å². The molecular weight excluding hydrogens is 250 g/mol. The molecule has 0 atom stereocenters. The Balaban J connectivity index is 1.71. The van der Waals surface area contributed by atoms with E-state index in [9.17, 15) is 0 Å². The first-order valence-corrected chi connectivity index (χ1v) is 8.04. The van der Waals surface area contributed by atoms with Gasteiger partial charge in [-0.3, -0.25) is 4.90 Å². The molecule has 2 rings (SSSR count). The number of rotatable bonds is 8. The van der Waals surface area contributed by atoms with E-state index in [1.54, 1.807) is 0 Å². The zero-order valence-electron chi connectivity index (χ0n) is 13.0. The number of hydrogen-bond donors (Lipinski definition) is 1. The summed E-state index contributed by atoms with van der Waals surface area (Å²) in [7, 11) is 0. The lowest BCUT2D eigenvalue weighted by Crippen LogP contribution is -2.45. The van der Waals surface area contributed by atoms with Gasteiger partial charge < -0.3 is 14.6 Å². The van der Waals surface area contributed by atoms with E-state index in [1.165, 1.54) is 26.1 Å². The second kappa shape index (κ2) is 8.45. The molecule has 2 heterocycles. The summed E-state index contributed by atoms with van der Waals surface area (Å²) in [5, 5.41) is 3.37. The summed E-state index contributed by atoms with van der Waals surface area (Å²) >= 11 is 0. The van der Waals surface area contributed by atoms with Crippen LogP contribution < -0.4 is 5.32 Å². The van der Waals surface area contributed by atoms with E-state index in [0.29, 0.717) is 0 Å². The van der Waals surface area contributed by atoms with Crippen LogP contribution in [-0.2, 0) is 13.1 Å². The second-order valence-electron chi connectivity index (χ2n) is 5.66. The highest BCUT2D eigenvalue weighted by Crippen LogP contribution is 2.12. The quantitative estimate of drug-likeness (QED) is 0.740. The average Bonchev–Trinajstić information content (AvgIpc) is 2.89. The molecule has 1 aliphatic rings. The van der Waals surface area contributed by atoms with Crippen molar-refractivity contribution in [2.75, 3.05) is 39.3 Å². The Bertz CT molecular complexity index is 370. The van der Waals surface area contributed by atoms with Crippen LogP contribution in [0, 0.1) is 0 Å². The topological polar surface area (TPSA) is 31.6 Å². The van der Waals surface area contributed by atoms with Crippen molar-refractivity contribution in [1.82, 2.24) is 15.1 Å². The maximum atomic E-state index is 5.89. The summed E-state index contributed by atoms with van der Waals surface area (Å²) in [6.45, 7) is 13.2. The molecule has 1 aromatic heterocycles. The van der Waals surface area contributed by atoms with E-state index in [-0.39, 0.29) is 0 Å². The van der Waals surface area contributed by atoms with Crippen molar-refractivity contribution in [3.8, 4) is 0 Å². The van der Waals surface area contributed by atoms with E-state index in [0.717, 1.165) is 50.7 Å². The fraction of sp³-hybridized carbons (Fsp3) is 0.750. The van der Waals surface area contributed by atoms with Crippen molar-refractivity contribution in [2.24, 2.45) is 0 Å². The number of furan rings is 1. The van der Waals surface area contributed by atoms with Gasteiger partial charge in [0.1, 0.15) is 11.5 Å². The molecule has 1 saturated heterocycles. The molecule has 0 saturated carbocycles. The minimum absolute atomic E-state index is 0.845.